The Kier molecular flexibility index (Phi) is 10.6. The number of halogens is 1. The van der Waals surface area contributed by atoms with Crippen LogP contribution in [0, 0.1) is 10.5 Å². The molecular formula is C43H38INO6S. The van der Waals surface area contributed by atoms with E-state index >= 15 is 0 Å². The van der Waals surface area contributed by atoms with Gasteiger partial charge >= 0.3 is 5.97 Å². The molecule has 6 aromatic carbocycles. The number of esters is 1. The molecule has 9 heteroatoms. The van der Waals surface area contributed by atoms with E-state index in [1.54, 1.807) is 30.3 Å². The van der Waals surface area contributed by atoms with Gasteiger partial charge in [-0.25, -0.2) is 13.2 Å². The Balaban J connectivity index is 1.29. The fourth-order valence-corrected chi connectivity index (χ4v) is 9.41. The standard InChI is InChI=1S/C43H38INO6S/c1-29-20-22-35(23-21-29)52(47,48)45-30(2)41-38(24-34(45)28-51-43(46)37-19-11-17-33-16-9-10-18-36(33)37)42(44)40(50-27-32-14-7-4-8-15-32)25-39(41)49-26-31-12-5-3-6-13-31/h3-23,25,30,34H,24,26-28H2,1-2H3/t30-,34+/m1/s1. The lowest BCUT2D eigenvalue weighted by Crippen LogP contribution is -2.49. The number of aryl methyl sites for hydroxylation is 1. The summed E-state index contributed by atoms with van der Waals surface area (Å²) in [6, 6.07) is 40.2. The zero-order valence-electron chi connectivity index (χ0n) is 28.9. The lowest BCUT2D eigenvalue weighted by molar-refractivity contribution is 0.0387. The fraction of sp³-hybridized carbons (Fsp3) is 0.186. The quantitative estimate of drug-likeness (QED) is 0.0958. The average Bonchev–Trinajstić information content (AvgIpc) is 3.17. The van der Waals surface area contributed by atoms with Crippen molar-refractivity contribution in [1.82, 2.24) is 4.31 Å². The summed E-state index contributed by atoms with van der Waals surface area (Å²) in [5.74, 6) is 0.675. The molecule has 0 radical (unpaired) electrons. The molecule has 6 aromatic rings. The van der Waals surface area contributed by atoms with Crippen LogP contribution in [0.1, 0.15) is 51.1 Å². The Morgan fingerprint density at radius 3 is 2.04 bits per heavy atom. The van der Waals surface area contributed by atoms with E-state index in [0.29, 0.717) is 23.7 Å². The molecule has 1 aliphatic rings. The highest BCUT2D eigenvalue weighted by Gasteiger charge is 2.44. The number of hydrogen-bond acceptors (Lipinski definition) is 6. The van der Waals surface area contributed by atoms with Gasteiger partial charge in [0.15, 0.2) is 0 Å². The molecule has 2 atom stereocenters. The molecule has 0 aliphatic carbocycles. The second kappa shape index (κ2) is 15.5. The summed E-state index contributed by atoms with van der Waals surface area (Å²) in [6.07, 6.45) is 0.274. The summed E-state index contributed by atoms with van der Waals surface area (Å²) in [5.41, 5.74) is 5.05. The zero-order chi connectivity index (χ0) is 36.2. The highest BCUT2D eigenvalue weighted by molar-refractivity contribution is 14.1. The van der Waals surface area contributed by atoms with Crippen LogP contribution in [0.3, 0.4) is 0 Å². The highest BCUT2D eigenvalue weighted by atomic mass is 127. The molecule has 1 heterocycles. The van der Waals surface area contributed by atoms with Gasteiger partial charge in [0.1, 0.15) is 31.3 Å². The van der Waals surface area contributed by atoms with Crippen molar-refractivity contribution in [3.8, 4) is 11.5 Å². The third-order valence-corrected chi connectivity index (χ3v) is 12.6. The van der Waals surface area contributed by atoms with Gasteiger partial charge in [-0.15, -0.1) is 0 Å². The molecule has 52 heavy (non-hydrogen) atoms. The first-order valence-electron chi connectivity index (χ1n) is 17.1. The number of carbonyl (C=O) groups is 1. The van der Waals surface area contributed by atoms with Crippen molar-refractivity contribution in [2.75, 3.05) is 6.61 Å². The predicted octanol–water partition coefficient (Wildman–Crippen LogP) is 9.44. The maximum Gasteiger partial charge on any atom is 0.338 e. The van der Waals surface area contributed by atoms with Gasteiger partial charge in [0.05, 0.1) is 26.1 Å². The smallest absolute Gasteiger partial charge is 0.338 e. The van der Waals surface area contributed by atoms with Crippen molar-refractivity contribution in [3.05, 3.63) is 170 Å². The molecule has 0 N–H and O–H groups in total. The minimum Gasteiger partial charge on any atom is -0.488 e. The number of ether oxygens (including phenoxy) is 3. The monoisotopic (exact) mass is 823 g/mol. The first-order valence-corrected chi connectivity index (χ1v) is 19.7. The Morgan fingerprint density at radius 1 is 0.769 bits per heavy atom. The van der Waals surface area contributed by atoms with E-state index in [2.05, 4.69) is 22.6 Å². The molecule has 0 unspecified atom stereocenters. The summed E-state index contributed by atoms with van der Waals surface area (Å²) in [4.78, 5) is 13.8. The first-order chi connectivity index (χ1) is 25.2. The lowest BCUT2D eigenvalue weighted by atomic mass is 9.90. The molecule has 0 fully saturated rings. The summed E-state index contributed by atoms with van der Waals surface area (Å²) < 4.78 is 50.6. The van der Waals surface area contributed by atoms with Crippen molar-refractivity contribution in [2.45, 2.75) is 50.5 Å². The molecule has 0 bridgehead atoms. The summed E-state index contributed by atoms with van der Waals surface area (Å²) in [7, 11) is -4.07. The van der Waals surface area contributed by atoms with Crippen molar-refractivity contribution >= 4 is 49.4 Å². The van der Waals surface area contributed by atoms with Crippen molar-refractivity contribution < 1.29 is 27.4 Å². The minimum atomic E-state index is -4.07. The van der Waals surface area contributed by atoms with E-state index < -0.39 is 28.1 Å². The minimum absolute atomic E-state index is 0.150. The van der Waals surface area contributed by atoms with Gasteiger partial charge in [0.25, 0.3) is 0 Å². The van der Waals surface area contributed by atoms with E-state index in [1.807, 2.05) is 117 Å². The van der Waals surface area contributed by atoms with E-state index in [-0.39, 0.29) is 24.5 Å². The van der Waals surface area contributed by atoms with E-state index in [1.165, 1.54) is 4.31 Å². The maximum atomic E-state index is 14.6. The van der Waals surface area contributed by atoms with E-state index in [4.69, 9.17) is 14.2 Å². The van der Waals surface area contributed by atoms with Gasteiger partial charge in [-0.3, -0.25) is 0 Å². The van der Waals surface area contributed by atoms with Gasteiger partial charge in [-0.2, -0.15) is 4.31 Å². The van der Waals surface area contributed by atoms with E-state index in [9.17, 15) is 13.2 Å². The van der Waals surface area contributed by atoms with Gasteiger partial charge in [-0.05, 0) is 88.5 Å². The Bertz CT molecular complexity index is 2310. The maximum absolute atomic E-state index is 14.6. The number of rotatable bonds is 11. The molecule has 0 amide bonds. The molecule has 264 valence electrons. The van der Waals surface area contributed by atoms with Crippen LogP contribution in [-0.4, -0.2) is 31.3 Å². The number of nitrogens with zero attached hydrogens (tertiary/aromatic N) is 1. The van der Waals surface area contributed by atoms with Crippen LogP contribution in [0.25, 0.3) is 10.8 Å². The van der Waals surface area contributed by atoms with Crippen LogP contribution in [0.5, 0.6) is 11.5 Å². The second-order valence-electron chi connectivity index (χ2n) is 12.9. The third-order valence-electron chi connectivity index (χ3n) is 9.42. The van der Waals surface area contributed by atoms with Crippen molar-refractivity contribution in [2.24, 2.45) is 0 Å². The molecule has 0 saturated carbocycles. The zero-order valence-corrected chi connectivity index (χ0v) is 31.8. The largest absolute Gasteiger partial charge is 0.488 e. The number of fused-ring (bicyclic) bond motifs is 2. The highest BCUT2D eigenvalue weighted by Crippen LogP contribution is 2.47. The molecule has 7 rings (SSSR count). The van der Waals surface area contributed by atoms with E-state index in [0.717, 1.165) is 42.2 Å². The molecular weight excluding hydrogens is 785 g/mol. The van der Waals surface area contributed by atoms with Gasteiger partial charge in [0, 0.05) is 11.6 Å². The summed E-state index contributed by atoms with van der Waals surface area (Å²) in [6.45, 7) is 4.28. The van der Waals surface area contributed by atoms with Gasteiger partial charge in [0.2, 0.25) is 10.0 Å². The molecule has 0 spiro atoms. The predicted molar refractivity (Wildman–Crippen MR) is 211 cm³/mol. The van der Waals surface area contributed by atoms with Crippen LogP contribution in [0.15, 0.2) is 138 Å². The first kappa shape index (κ1) is 35.7. The number of hydrogen-bond donors (Lipinski definition) is 0. The average molecular weight is 824 g/mol. The lowest BCUT2D eigenvalue weighted by Gasteiger charge is -2.41. The van der Waals surface area contributed by atoms with Crippen LogP contribution in [-0.2, 0) is 34.4 Å². The Morgan fingerprint density at radius 2 is 1.37 bits per heavy atom. The molecule has 0 aromatic heterocycles. The van der Waals surface area contributed by atoms with Crippen molar-refractivity contribution in [1.29, 1.82) is 0 Å². The number of carbonyl (C=O) groups excluding carboxylic acids is 1. The molecule has 0 saturated heterocycles. The second-order valence-corrected chi connectivity index (χ2v) is 15.9. The van der Waals surface area contributed by atoms with Crippen LogP contribution < -0.4 is 9.47 Å². The molecule has 7 nitrogen and oxygen atoms in total. The third kappa shape index (κ3) is 7.44. The number of sulfonamides is 1. The number of benzene rings is 6. The van der Waals surface area contributed by atoms with Crippen molar-refractivity contribution in [3.63, 3.8) is 0 Å². The van der Waals surface area contributed by atoms with Gasteiger partial charge < -0.3 is 14.2 Å². The Labute approximate surface area is 318 Å². The summed E-state index contributed by atoms with van der Waals surface area (Å²) >= 11 is 2.29. The van der Waals surface area contributed by atoms with Crippen LogP contribution >= 0.6 is 22.6 Å². The molecule has 1 aliphatic heterocycles. The summed E-state index contributed by atoms with van der Waals surface area (Å²) in [5, 5.41) is 1.69. The SMILES string of the molecule is Cc1ccc(S(=O)(=O)N2[C@H](COC(=O)c3cccc4ccccc34)Cc3c(I)c(OCc4ccccc4)cc(OCc4ccccc4)c3[C@H]2C)cc1. The van der Waals surface area contributed by atoms with Crippen LogP contribution in [0.2, 0.25) is 0 Å². The topological polar surface area (TPSA) is 82.1 Å². The van der Waals surface area contributed by atoms with Gasteiger partial charge in [-0.1, -0.05) is 115 Å². The normalized spacial score (nSPS) is 15.9. The fourth-order valence-electron chi connectivity index (χ4n) is 6.82. The van der Waals surface area contributed by atoms with Crippen LogP contribution in [0.4, 0.5) is 0 Å². The Hall–Kier alpha value is -4.71.